The fraction of sp³-hybridized carbons (Fsp3) is 1.00. The Morgan fingerprint density at radius 3 is 2.25 bits per heavy atom. The molecule has 0 heterocycles. The molecule has 0 saturated heterocycles. The number of aliphatic hydroxyl groups is 2. The lowest BCUT2D eigenvalue weighted by molar-refractivity contribution is -0.0465. The van der Waals surface area contributed by atoms with E-state index in [9.17, 15) is 0 Å². The molecule has 0 bridgehead atoms. The van der Waals surface area contributed by atoms with Gasteiger partial charge in [0, 0.05) is 0 Å². The molecule has 0 aliphatic rings. The molecule has 0 saturated carbocycles. The van der Waals surface area contributed by atoms with Crippen molar-refractivity contribution in [2.75, 3.05) is 0 Å². The normalized spacial score (nSPS) is 10.5. The molecule has 0 radical (unpaired) electrons. The number of aliphatic hydroxyl groups excluding tert-OH is 1. The first-order valence-electron chi connectivity index (χ1n) is 3.13. The monoisotopic (exact) mass is 118 g/mol. The van der Waals surface area contributed by atoms with Crippen LogP contribution in [0.4, 0.5) is 0 Å². The van der Waals surface area contributed by atoms with Crippen LogP contribution in [-0.4, -0.2) is 16.5 Å². The van der Waals surface area contributed by atoms with Crippen LogP contribution in [0.1, 0.15) is 32.6 Å². The first-order chi connectivity index (χ1) is 3.77. The molecule has 0 amide bonds. The summed E-state index contributed by atoms with van der Waals surface area (Å²) in [7, 11) is 0. The van der Waals surface area contributed by atoms with Gasteiger partial charge in [0.2, 0.25) is 0 Å². The van der Waals surface area contributed by atoms with Crippen molar-refractivity contribution in [3.8, 4) is 0 Å². The molecule has 0 aromatic carbocycles. The molecule has 0 unspecified atom stereocenters. The second-order valence-corrected chi connectivity index (χ2v) is 1.98. The van der Waals surface area contributed by atoms with E-state index in [1.54, 1.807) is 0 Å². The molecule has 0 rings (SSSR count). The maximum Gasteiger partial charge on any atom is 0.151 e. The average Bonchev–Trinajstić information content (AvgIpc) is 1.66. The van der Waals surface area contributed by atoms with Crippen LogP contribution < -0.4 is 0 Å². The molecule has 0 aliphatic carbocycles. The van der Waals surface area contributed by atoms with Crippen LogP contribution in [0.2, 0.25) is 0 Å². The van der Waals surface area contributed by atoms with E-state index < -0.39 is 6.29 Å². The molecule has 0 fully saturated rings. The second kappa shape index (κ2) is 5.06. The highest BCUT2D eigenvalue weighted by atomic mass is 16.5. The van der Waals surface area contributed by atoms with Crippen molar-refractivity contribution in [3.63, 3.8) is 0 Å². The molecule has 2 nitrogen and oxygen atoms in total. The summed E-state index contributed by atoms with van der Waals surface area (Å²) in [5.74, 6) is 0. The van der Waals surface area contributed by atoms with Gasteiger partial charge in [0.05, 0.1) is 0 Å². The van der Waals surface area contributed by atoms with E-state index in [1.807, 2.05) is 0 Å². The van der Waals surface area contributed by atoms with Crippen LogP contribution in [0.5, 0.6) is 0 Å². The van der Waals surface area contributed by atoms with Crippen LogP contribution in [0.25, 0.3) is 0 Å². The zero-order valence-corrected chi connectivity index (χ0v) is 5.30. The fourth-order valence-electron chi connectivity index (χ4n) is 0.577. The number of hydrogen-bond acceptors (Lipinski definition) is 2. The van der Waals surface area contributed by atoms with E-state index >= 15 is 0 Å². The third kappa shape index (κ3) is 5.92. The summed E-state index contributed by atoms with van der Waals surface area (Å²) in [4.78, 5) is 0. The Hall–Kier alpha value is -0.0800. The maximum absolute atomic E-state index is 8.33. The van der Waals surface area contributed by atoms with Crippen molar-refractivity contribution >= 4 is 0 Å². The molecule has 8 heavy (non-hydrogen) atoms. The van der Waals surface area contributed by atoms with Gasteiger partial charge >= 0.3 is 0 Å². The molecule has 50 valence electrons. The molecule has 0 aromatic rings. The lowest BCUT2D eigenvalue weighted by Crippen LogP contribution is -2.02. The fourth-order valence-corrected chi connectivity index (χ4v) is 0.577. The molecule has 2 N–H and O–H groups in total. The molecular weight excluding hydrogens is 104 g/mol. The molecule has 0 spiro atoms. The second-order valence-electron chi connectivity index (χ2n) is 1.98. The van der Waals surface area contributed by atoms with Gasteiger partial charge in [-0.05, 0) is 12.8 Å². The van der Waals surface area contributed by atoms with E-state index in [1.165, 1.54) is 0 Å². The Bertz CT molecular complexity index is 43.8. The van der Waals surface area contributed by atoms with Gasteiger partial charge in [0.15, 0.2) is 6.29 Å². The van der Waals surface area contributed by atoms with E-state index in [-0.39, 0.29) is 0 Å². The van der Waals surface area contributed by atoms with Gasteiger partial charge in [-0.1, -0.05) is 19.8 Å². The highest BCUT2D eigenvalue weighted by molar-refractivity contribution is 4.40. The summed E-state index contributed by atoms with van der Waals surface area (Å²) in [6.45, 7) is 2.09. The Labute approximate surface area is 50.2 Å². The van der Waals surface area contributed by atoms with Crippen LogP contribution in [0.15, 0.2) is 0 Å². The van der Waals surface area contributed by atoms with Gasteiger partial charge in [-0.3, -0.25) is 0 Å². The molecule has 2 heteroatoms. The summed E-state index contributed by atoms with van der Waals surface area (Å²) in [6.07, 6.45) is 2.58. The third-order valence-corrected chi connectivity index (χ3v) is 1.07. The minimum atomic E-state index is -1.10. The number of hydrogen-bond donors (Lipinski definition) is 2. The molecule has 0 aliphatic heterocycles. The summed E-state index contributed by atoms with van der Waals surface area (Å²) in [5.41, 5.74) is 0. The standard InChI is InChI=1S/C6H14O2/c1-2-3-4-5-6(7)8/h6-8H,2-5H2,1H3. The first-order valence-corrected chi connectivity index (χ1v) is 3.13. The van der Waals surface area contributed by atoms with E-state index in [4.69, 9.17) is 10.2 Å². The minimum Gasteiger partial charge on any atom is -0.368 e. The Morgan fingerprint density at radius 2 is 1.88 bits per heavy atom. The SMILES string of the molecule is CCCCCC(O)O. The third-order valence-electron chi connectivity index (χ3n) is 1.07. The van der Waals surface area contributed by atoms with Crippen LogP contribution in [0.3, 0.4) is 0 Å². The van der Waals surface area contributed by atoms with Gasteiger partial charge in [0.25, 0.3) is 0 Å². The summed E-state index contributed by atoms with van der Waals surface area (Å²) >= 11 is 0. The van der Waals surface area contributed by atoms with Crippen molar-refractivity contribution < 1.29 is 10.2 Å². The highest BCUT2D eigenvalue weighted by Gasteiger charge is 1.93. The largest absolute Gasteiger partial charge is 0.368 e. The van der Waals surface area contributed by atoms with Crippen molar-refractivity contribution in [1.82, 2.24) is 0 Å². The summed E-state index contributed by atoms with van der Waals surface area (Å²) in [5, 5.41) is 16.7. The zero-order chi connectivity index (χ0) is 6.41. The van der Waals surface area contributed by atoms with E-state index in [0.29, 0.717) is 6.42 Å². The smallest absolute Gasteiger partial charge is 0.151 e. The van der Waals surface area contributed by atoms with E-state index in [0.717, 1.165) is 19.3 Å². The van der Waals surface area contributed by atoms with Crippen LogP contribution >= 0.6 is 0 Å². The first kappa shape index (κ1) is 7.92. The minimum absolute atomic E-state index is 0.522. The zero-order valence-electron chi connectivity index (χ0n) is 5.30. The van der Waals surface area contributed by atoms with Crippen molar-refractivity contribution in [1.29, 1.82) is 0 Å². The predicted octanol–water partition coefficient (Wildman–Crippen LogP) is 0.877. The molecular formula is C6H14O2. The quantitative estimate of drug-likeness (QED) is 0.425. The lowest BCUT2D eigenvalue weighted by atomic mass is 10.2. The topological polar surface area (TPSA) is 40.5 Å². The Kier molecular flexibility index (Phi) is 5.01. The number of rotatable bonds is 4. The lowest BCUT2D eigenvalue weighted by Gasteiger charge is -1.99. The van der Waals surface area contributed by atoms with Gasteiger partial charge in [-0.2, -0.15) is 0 Å². The number of unbranched alkanes of at least 4 members (excludes halogenated alkanes) is 2. The van der Waals surface area contributed by atoms with Crippen molar-refractivity contribution in [3.05, 3.63) is 0 Å². The van der Waals surface area contributed by atoms with Crippen molar-refractivity contribution in [2.24, 2.45) is 0 Å². The Balaban J connectivity index is 2.72. The summed E-state index contributed by atoms with van der Waals surface area (Å²) in [6, 6.07) is 0. The summed E-state index contributed by atoms with van der Waals surface area (Å²) < 4.78 is 0. The van der Waals surface area contributed by atoms with Gasteiger partial charge in [-0.15, -0.1) is 0 Å². The van der Waals surface area contributed by atoms with Gasteiger partial charge in [0.1, 0.15) is 0 Å². The van der Waals surface area contributed by atoms with Gasteiger partial charge < -0.3 is 10.2 Å². The van der Waals surface area contributed by atoms with E-state index in [2.05, 4.69) is 6.92 Å². The van der Waals surface area contributed by atoms with Crippen LogP contribution in [-0.2, 0) is 0 Å². The average molecular weight is 118 g/mol. The van der Waals surface area contributed by atoms with Crippen LogP contribution in [0, 0.1) is 0 Å². The Morgan fingerprint density at radius 1 is 1.25 bits per heavy atom. The van der Waals surface area contributed by atoms with Crippen molar-refractivity contribution in [2.45, 2.75) is 38.9 Å². The molecule has 0 atom stereocenters. The maximum atomic E-state index is 8.33. The highest BCUT2D eigenvalue weighted by Crippen LogP contribution is 1.99. The molecule has 0 aromatic heterocycles. The predicted molar refractivity (Wildman–Crippen MR) is 32.4 cm³/mol. The van der Waals surface area contributed by atoms with Gasteiger partial charge in [-0.25, -0.2) is 0 Å².